The SMILES string of the molecule is CC(C)(C)NCCCOc1c(Br)cc(Br)cc1Br. The van der Waals surface area contributed by atoms with E-state index in [1.165, 1.54) is 0 Å². The fourth-order valence-electron chi connectivity index (χ4n) is 1.38. The smallest absolute Gasteiger partial charge is 0.147 e. The van der Waals surface area contributed by atoms with Crippen molar-refractivity contribution in [2.24, 2.45) is 0 Å². The maximum atomic E-state index is 5.78. The van der Waals surface area contributed by atoms with Gasteiger partial charge in [0, 0.05) is 10.0 Å². The molecule has 1 aromatic carbocycles. The first-order valence-electron chi connectivity index (χ1n) is 5.82. The molecule has 18 heavy (non-hydrogen) atoms. The summed E-state index contributed by atoms with van der Waals surface area (Å²) < 4.78 is 8.70. The van der Waals surface area contributed by atoms with E-state index in [2.05, 4.69) is 73.9 Å². The summed E-state index contributed by atoms with van der Waals surface area (Å²) in [5, 5.41) is 3.44. The van der Waals surface area contributed by atoms with Crippen molar-refractivity contribution in [1.82, 2.24) is 5.32 Å². The monoisotopic (exact) mass is 441 g/mol. The molecule has 0 aliphatic carbocycles. The van der Waals surface area contributed by atoms with E-state index < -0.39 is 0 Å². The van der Waals surface area contributed by atoms with E-state index in [1.807, 2.05) is 12.1 Å². The first-order valence-corrected chi connectivity index (χ1v) is 8.20. The summed E-state index contributed by atoms with van der Waals surface area (Å²) in [5.41, 5.74) is 0.165. The van der Waals surface area contributed by atoms with Crippen molar-refractivity contribution in [3.8, 4) is 5.75 Å². The van der Waals surface area contributed by atoms with Gasteiger partial charge in [-0.05, 0) is 77.7 Å². The third kappa shape index (κ3) is 6.04. The summed E-state index contributed by atoms with van der Waals surface area (Å²) >= 11 is 10.4. The van der Waals surface area contributed by atoms with Crippen molar-refractivity contribution in [3.63, 3.8) is 0 Å². The summed E-state index contributed by atoms with van der Waals surface area (Å²) in [4.78, 5) is 0. The Morgan fingerprint density at radius 2 is 1.67 bits per heavy atom. The molecule has 0 atom stereocenters. The molecule has 0 fully saturated rings. The second-order valence-electron chi connectivity index (χ2n) is 5.08. The van der Waals surface area contributed by atoms with Crippen LogP contribution >= 0.6 is 47.8 Å². The zero-order chi connectivity index (χ0) is 13.8. The van der Waals surface area contributed by atoms with E-state index in [-0.39, 0.29) is 5.54 Å². The number of ether oxygens (including phenoxy) is 1. The van der Waals surface area contributed by atoms with Crippen LogP contribution in [0, 0.1) is 0 Å². The largest absolute Gasteiger partial charge is 0.491 e. The molecular formula is C13H18Br3NO. The molecule has 0 saturated carbocycles. The molecule has 1 aromatic rings. The molecule has 1 rings (SSSR count). The second kappa shape index (κ2) is 7.27. The highest BCUT2D eigenvalue weighted by atomic mass is 79.9. The van der Waals surface area contributed by atoms with Crippen molar-refractivity contribution < 1.29 is 4.74 Å². The lowest BCUT2D eigenvalue weighted by Gasteiger charge is -2.20. The van der Waals surface area contributed by atoms with Crippen LogP contribution in [0.4, 0.5) is 0 Å². The van der Waals surface area contributed by atoms with E-state index in [0.29, 0.717) is 6.61 Å². The van der Waals surface area contributed by atoms with Gasteiger partial charge in [-0.25, -0.2) is 0 Å². The van der Waals surface area contributed by atoms with E-state index in [0.717, 1.165) is 32.1 Å². The van der Waals surface area contributed by atoms with Crippen LogP contribution in [0.2, 0.25) is 0 Å². The average molecular weight is 444 g/mol. The van der Waals surface area contributed by atoms with Gasteiger partial charge < -0.3 is 10.1 Å². The third-order valence-corrected chi connectivity index (χ3v) is 3.82. The summed E-state index contributed by atoms with van der Waals surface area (Å²) in [6.45, 7) is 8.14. The number of benzene rings is 1. The van der Waals surface area contributed by atoms with Crippen molar-refractivity contribution in [2.75, 3.05) is 13.2 Å². The second-order valence-corrected chi connectivity index (χ2v) is 7.70. The average Bonchev–Trinajstić information content (AvgIpc) is 2.19. The van der Waals surface area contributed by atoms with Gasteiger partial charge in [0.2, 0.25) is 0 Å². The molecule has 0 unspecified atom stereocenters. The minimum absolute atomic E-state index is 0.165. The molecule has 5 heteroatoms. The Morgan fingerprint density at radius 3 is 2.17 bits per heavy atom. The highest BCUT2D eigenvalue weighted by Gasteiger charge is 2.09. The predicted octanol–water partition coefficient (Wildman–Crippen LogP) is 5.13. The predicted molar refractivity (Wildman–Crippen MR) is 87.4 cm³/mol. The molecule has 0 amide bonds. The van der Waals surface area contributed by atoms with Crippen molar-refractivity contribution in [1.29, 1.82) is 0 Å². The van der Waals surface area contributed by atoms with Crippen LogP contribution in [0.3, 0.4) is 0 Å². The van der Waals surface area contributed by atoms with Gasteiger partial charge in [0.05, 0.1) is 15.6 Å². The van der Waals surface area contributed by atoms with Crippen molar-refractivity contribution in [3.05, 3.63) is 25.6 Å². The normalized spacial score (nSPS) is 11.7. The van der Waals surface area contributed by atoms with Gasteiger partial charge in [0.15, 0.2) is 0 Å². The third-order valence-electron chi connectivity index (χ3n) is 2.19. The summed E-state index contributed by atoms with van der Waals surface area (Å²) in [7, 11) is 0. The van der Waals surface area contributed by atoms with Crippen molar-refractivity contribution in [2.45, 2.75) is 32.7 Å². The van der Waals surface area contributed by atoms with Gasteiger partial charge in [-0.15, -0.1) is 0 Å². The Balaban J connectivity index is 2.41. The van der Waals surface area contributed by atoms with E-state index in [1.54, 1.807) is 0 Å². The molecule has 1 N–H and O–H groups in total. The van der Waals surface area contributed by atoms with Crippen molar-refractivity contribution >= 4 is 47.8 Å². The van der Waals surface area contributed by atoms with Gasteiger partial charge in [-0.1, -0.05) is 15.9 Å². The number of hydrogen-bond acceptors (Lipinski definition) is 2. The molecule has 0 bridgehead atoms. The van der Waals surface area contributed by atoms with Crippen LogP contribution in [0.25, 0.3) is 0 Å². The highest BCUT2D eigenvalue weighted by Crippen LogP contribution is 2.36. The van der Waals surface area contributed by atoms with Crippen LogP contribution in [-0.4, -0.2) is 18.7 Å². The molecule has 0 spiro atoms. The molecule has 0 heterocycles. The van der Waals surface area contributed by atoms with Gasteiger partial charge in [0.25, 0.3) is 0 Å². The molecule has 0 aliphatic rings. The Labute approximate surface area is 134 Å². The van der Waals surface area contributed by atoms with Gasteiger partial charge in [-0.3, -0.25) is 0 Å². The van der Waals surface area contributed by atoms with E-state index >= 15 is 0 Å². The fourth-order valence-corrected chi connectivity index (χ4v) is 3.86. The Morgan fingerprint density at radius 1 is 1.11 bits per heavy atom. The molecule has 102 valence electrons. The lowest BCUT2D eigenvalue weighted by molar-refractivity contribution is 0.295. The number of halogens is 3. The van der Waals surface area contributed by atoms with Crippen LogP contribution in [0.15, 0.2) is 25.6 Å². The molecule has 0 aromatic heterocycles. The summed E-state index contributed by atoms with van der Waals surface area (Å²) in [6.07, 6.45) is 0.978. The maximum Gasteiger partial charge on any atom is 0.147 e. The number of hydrogen-bond donors (Lipinski definition) is 1. The molecule has 0 aliphatic heterocycles. The van der Waals surface area contributed by atoms with E-state index in [4.69, 9.17) is 4.74 Å². The molecule has 0 radical (unpaired) electrons. The van der Waals surface area contributed by atoms with Gasteiger partial charge in [-0.2, -0.15) is 0 Å². The summed E-state index contributed by atoms with van der Waals surface area (Å²) in [6, 6.07) is 3.96. The first-order chi connectivity index (χ1) is 8.29. The quantitative estimate of drug-likeness (QED) is 0.637. The Hall–Kier alpha value is 0.420. The topological polar surface area (TPSA) is 21.3 Å². The van der Waals surface area contributed by atoms with Gasteiger partial charge >= 0.3 is 0 Å². The lowest BCUT2D eigenvalue weighted by Crippen LogP contribution is -2.36. The Bertz CT molecular complexity index is 379. The van der Waals surface area contributed by atoms with Crippen LogP contribution < -0.4 is 10.1 Å². The first kappa shape index (κ1) is 16.5. The van der Waals surface area contributed by atoms with Crippen LogP contribution in [0.1, 0.15) is 27.2 Å². The van der Waals surface area contributed by atoms with Crippen LogP contribution in [-0.2, 0) is 0 Å². The lowest BCUT2D eigenvalue weighted by atomic mass is 10.1. The minimum atomic E-state index is 0.165. The zero-order valence-corrected chi connectivity index (χ0v) is 15.6. The van der Waals surface area contributed by atoms with E-state index in [9.17, 15) is 0 Å². The number of rotatable bonds is 5. The van der Waals surface area contributed by atoms with Gasteiger partial charge in [0.1, 0.15) is 5.75 Å². The summed E-state index contributed by atoms with van der Waals surface area (Å²) in [5.74, 6) is 0.856. The Kier molecular flexibility index (Phi) is 6.65. The van der Waals surface area contributed by atoms with Crippen LogP contribution in [0.5, 0.6) is 5.75 Å². The zero-order valence-electron chi connectivity index (χ0n) is 10.8. The number of nitrogens with one attached hydrogen (secondary N) is 1. The maximum absolute atomic E-state index is 5.78. The highest BCUT2D eigenvalue weighted by molar-refractivity contribution is 9.11. The fraction of sp³-hybridized carbons (Fsp3) is 0.538. The minimum Gasteiger partial charge on any atom is -0.491 e. The molecular weight excluding hydrogens is 426 g/mol. The standard InChI is InChI=1S/C13H18Br3NO/c1-13(2,3)17-5-4-6-18-12-10(15)7-9(14)8-11(12)16/h7-8,17H,4-6H2,1-3H3. The molecule has 0 saturated heterocycles. The molecule has 2 nitrogen and oxygen atoms in total.